The van der Waals surface area contributed by atoms with Gasteiger partial charge in [-0.05, 0) is 18.6 Å². The molecule has 0 aliphatic carbocycles. The summed E-state index contributed by atoms with van der Waals surface area (Å²) in [5.41, 5.74) is 0.738. The maximum atomic E-state index is 11.2. The number of aryl methyl sites for hydroxylation is 1. The van der Waals surface area contributed by atoms with Crippen LogP contribution in [0.3, 0.4) is 0 Å². The van der Waals surface area contributed by atoms with Crippen LogP contribution in [0.5, 0.6) is 0 Å². The molecule has 1 aromatic carbocycles. The monoisotopic (exact) mass is 228 g/mol. The van der Waals surface area contributed by atoms with Gasteiger partial charge in [0.15, 0.2) is 5.82 Å². The van der Waals surface area contributed by atoms with Crippen molar-refractivity contribution in [3.63, 3.8) is 0 Å². The lowest BCUT2D eigenvalue weighted by atomic mass is 10.2. The van der Waals surface area contributed by atoms with Gasteiger partial charge >= 0.3 is 5.69 Å². The van der Waals surface area contributed by atoms with Gasteiger partial charge in [-0.2, -0.15) is 14.9 Å². The van der Waals surface area contributed by atoms with Gasteiger partial charge in [-0.25, -0.2) is 9.89 Å². The Kier molecular flexibility index (Phi) is 3.30. The highest BCUT2D eigenvalue weighted by Crippen LogP contribution is 1.99. The van der Waals surface area contributed by atoms with Gasteiger partial charge in [-0.1, -0.05) is 36.4 Å². The minimum Gasteiger partial charge on any atom is -0.244 e. The number of nitrogens with zero attached hydrogens (tertiary/aromatic N) is 3. The van der Waals surface area contributed by atoms with Gasteiger partial charge in [0, 0.05) is 6.21 Å². The predicted octanol–water partition coefficient (Wildman–Crippen LogP) is 1.43. The number of aromatic amines is 1. The predicted molar refractivity (Wildman–Crippen MR) is 67.0 cm³/mol. The zero-order valence-electron chi connectivity index (χ0n) is 9.37. The Morgan fingerprint density at radius 2 is 2.12 bits per heavy atom. The molecule has 0 unspecified atom stereocenters. The number of nitrogens with one attached hydrogen (secondary N) is 1. The van der Waals surface area contributed by atoms with Crippen LogP contribution in [-0.2, 0) is 0 Å². The van der Waals surface area contributed by atoms with Crippen LogP contribution in [0.1, 0.15) is 11.4 Å². The van der Waals surface area contributed by atoms with Gasteiger partial charge < -0.3 is 0 Å². The van der Waals surface area contributed by atoms with Gasteiger partial charge in [-0.3, -0.25) is 0 Å². The van der Waals surface area contributed by atoms with Gasteiger partial charge in [0.05, 0.1) is 0 Å². The fourth-order valence-electron chi connectivity index (χ4n) is 1.33. The smallest absolute Gasteiger partial charge is 0.244 e. The summed E-state index contributed by atoms with van der Waals surface area (Å²) in [6.07, 6.45) is 5.23. The number of hydrogen-bond donors (Lipinski definition) is 1. The van der Waals surface area contributed by atoms with E-state index in [0.29, 0.717) is 5.82 Å². The first kappa shape index (κ1) is 11.1. The number of rotatable bonds is 3. The molecular weight excluding hydrogens is 216 g/mol. The molecule has 0 aliphatic heterocycles. The summed E-state index contributed by atoms with van der Waals surface area (Å²) >= 11 is 0. The molecule has 5 nitrogen and oxygen atoms in total. The van der Waals surface area contributed by atoms with Gasteiger partial charge in [0.2, 0.25) is 0 Å². The summed E-state index contributed by atoms with van der Waals surface area (Å²) in [5.74, 6) is 0.527. The molecule has 1 aromatic heterocycles. The van der Waals surface area contributed by atoms with Crippen molar-refractivity contribution in [2.24, 2.45) is 5.10 Å². The molecule has 1 heterocycles. The Labute approximate surface area is 98.1 Å². The van der Waals surface area contributed by atoms with E-state index >= 15 is 0 Å². The third kappa shape index (κ3) is 2.78. The van der Waals surface area contributed by atoms with Crippen molar-refractivity contribution in [3.8, 4) is 0 Å². The minimum atomic E-state index is -0.341. The number of benzene rings is 1. The van der Waals surface area contributed by atoms with Crippen LogP contribution in [0.2, 0.25) is 0 Å². The van der Waals surface area contributed by atoms with Crippen LogP contribution >= 0.6 is 0 Å². The summed E-state index contributed by atoms with van der Waals surface area (Å²) in [5, 5.41) is 10.0. The molecule has 0 saturated heterocycles. The quantitative estimate of drug-likeness (QED) is 0.808. The van der Waals surface area contributed by atoms with E-state index in [4.69, 9.17) is 0 Å². The molecule has 1 N–H and O–H groups in total. The zero-order valence-corrected chi connectivity index (χ0v) is 9.37. The van der Waals surface area contributed by atoms with Crippen molar-refractivity contribution >= 4 is 12.3 Å². The van der Waals surface area contributed by atoms with Gasteiger partial charge in [-0.15, -0.1) is 0 Å². The summed E-state index contributed by atoms with van der Waals surface area (Å²) in [7, 11) is 0. The summed E-state index contributed by atoms with van der Waals surface area (Å²) < 4.78 is 1.20. The van der Waals surface area contributed by atoms with E-state index in [1.54, 1.807) is 19.2 Å². The summed E-state index contributed by atoms with van der Waals surface area (Å²) in [4.78, 5) is 11.2. The summed E-state index contributed by atoms with van der Waals surface area (Å²) in [6, 6.07) is 9.85. The maximum Gasteiger partial charge on any atom is 0.364 e. The fourth-order valence-corrected chi connectivity index (χ4v) is 1.33. The standard InChI is InChI=1S/C12H12N4O/c1-10-14-15-12(17)16(10)13-9-5-8-11-6-3-2-4-7-11/h2-9H,1H3,(H,15,17)/b8-5+,13-9-. The van der Waals surface area contributed by atoms with Crippen LogP contribution in [0.4, 0.5) is 0 Å². The second-order valence-corrected chi connectivity index (χ2v) is 3.42. The van der Waals surface area contributed by atoms with Crippen LogP contribution in [-0.4, -0.2) is 21.1 Å². The molecule has 0 fully saturated rings. The maximum absolute atomic E-state index is 11.2. The molecule has 86 valence electrons. The van der Waals surface area contributed by atoms with Crippen LogP contribution in [0.25, 0.3) is 6.08 Å². The van der Waals surface area contributed by atoms with E-state index in [1.165, 1.54) is 4.68 Å². The van der Waals surface area contributed by atoms with Crippen molar-refractivity contribution < 1.29 is 0 Å². The van der Waals surface area contributed by atoms with E-state index in [0.717, 1.165) is 5.56 Å². The molecule has 2 rings (SSSR count). The second kappa shape index (κ2) is 5.07. The van der Waals surface area contributed by atoms with Crippen LogP contribution in [0.15, 0.2) is 46.3 Å². The molecule has 0 saturated carbocycles. The lowest BCUT2D eigenvalue weighted by Crippen LogP contribution is -2.13. The van der Waals surface area contributed by atoms with E-state index in [1.807, 2.05) is 36.4 Å². The number of H-pyrrole nitrogens is 1. The third-order valence-electron chi connectivity index (χ3n) is 2.17. The topological polar surface area (TPSA) is 63.0 Å². The molecule has 0 atom stereocenters. The van der Waals surface area contributed by atoms with Gasteiger partial charge in [0.1, 0.15) is 0 Å². The normalized spacial score (nSPS) is 11.6. The fraction of sp³-hybridized carbons (Fsp3) is 0.0833. The molecular formula is C12H12N4O. The summed E-state index contributed by atoms with van der Waals surface area (Å²) in [6.45, 7) is 1.70. The Hall–Kier alpha value is -2.43. The van der Waals surface area contributed by atoms with Crippen LogP contribution < -0.4 is 5.69 Å². The molecule has 17 heavy (non-hydrogen) atoms. The molecule has 2 aromatic rings. The van der Waals surface area contributed by atoms with Crippen molar-refractivity contribution in [1.29, 1.82) is 0 Å². The van der Waals surface area contributed by atoms with E-state index in [2.05, 4.69) is 15.3 Å². The highest BCUT2D eigenvalue weighted by atomic mass is 16.2. The molecule has 0 spiro atoms. The molecule has 0 aliphatic rings. The first-order valence-electron chi connectivity index (χ1n) is 5.17. The number of aromatic nitrogens is 3. The van der Waals surface area contributed by atoms with Crippen molar-refractivity contribution in [2.75, 3.05) is 0 Å². The Morgan fingerprint density at radius 3 is 2.76 bits per heavy atom. The van der Waals surface area contributed by atoms with Crippen LogP contribution in [0, 0.1) is 6.92 Å². The largest absolute Gasteiger partial charge is 0.364 e. The van der Waals surface area contributed by atoms with Gasteiger partial charge in [0.25, 0.3) is 0 Å². The van der Waals surface area contributed by atoms with E-state index in [-0.39, 0.29) is 5.69 Å². The second-order valence-electron chi connectivity index (χ2n) is 3.42. The highest BCUT2D eigenvalue weighted by molar-refractivity contribution is 5.78. The first-order valence-corrected chi connectivity index (χ1v) is 5.17. The van der Waals surface area contributed by atoms with Crippen molar-refractivity contribution in [2.45, 2.75) is 6.92 Å². The molecule has 5 heteroatoms. The van der Waals surface area contributed by atoms with E-state index in [9.17, 15) is 4.79 Å². The van der Waals surface area contributed by atoms with Crippen molar-refractivity contribution in [1.82, 2.24) is 14.9 Å². The Bertz CT molecular complexity index is 592. The third-order valence-corrected chi connectivity index (χ3v) is 2.17. The Balaban J connectivity index is 2.09. The van der Waals surface area contributed by atoms with Crippen molar-refractivity contribution in [3.05, 3.63) is 58.3 Å². The number of allylic oxidation sites excluding steroid dienone is 1. The first-order chi connectivity index (χ1) is 8.27. The lowest BCUT2D eigenvalue weighted by molar-refractivity contribution is 0.800. The minimum absolute atomic E-state index is 0.341. The Morgan fingerprint density at radius 1 is 1.35 bits per heavy atom. The molecule has 0 radical (unpaired) electrons. The zero-order chi connectivity index (χ0) is 12.1. The molecule has 0 amide bonds. The SMILES string of the molecule is Cc1n[nH]c(=O)n1/N=C\C=C\c1ccccc1. The molecule has 0 bridgehead atoms. The average molecular weight is 228 g/mol. The average Bonchev–Trinajstić information content (AvgIpc) is 2.67. The number of hydrogen-bond acceptors (Lipinski definition) is 3. The lowest BCUT2D eigenvalue weighted by Gasteiger charge is -1.90. The van der Waals surface area contributed by atoms with E-state index < -0.39 is 0 Å². The highest BCUT2D eigenvalue weighted by Gasteiger charge is 1.98.